The molecule has 1 aliphatic heterocycles. The van der Waals surface area contributed by atoms with E-state index >= 15 is 0 Å². The van der Waals surface area contributed by atoms with E-state index in [4.69, 9.17) is 4.74 Å². The first kappa shape index (κ1) is 18.1. The minimum atomic E-state index is -0.259. The van der Waals surface area contributed by atoms with Crippen LogP contribution in [0, 0.1) is 0 Å². The number of nitrogens with zero attached hydrogens (tertiary/aromatic N) is 1. The SMILES string of the molecule is COc1ccc(CNC(=O)NCCC(=O)N2CCCC[C@H]2C)cc1. The van der Waals surface area contributed by atoms with Gasteiger partial charge in [-0.1, -0.05) is 12.1 Å². The molecule has 0 saturated carbocycles. The van der Waals surface area contributed by atoms with Crippen LogP contribution < -0.4 is 15.4 Å². The fourth-order valence-electron chi connectivity index (χ4n) is 2.88. The Hall–Kier alpha value is -2.24. The van der Waals surface area contributed by atoms with Gasteiger partial charge in [-0.3, -0.25) is 4.79 Å². The number of benzene rings is 1. The van der Waals surface area contributed by atoms with E-state index in [1.165, 1.54) is 6.42 Å². The largest absolute Gasteiger partial charge is 0.497 e. The summed E-state index contributed by atoms with van der Waals surface area (Å²) in [6.45, 7) is 3.72. The predicted octanol–water partition coefficient (Wildman–Crippen LogP) is 2.29. The fraction of sp³-hybridized carbons (Fsp3) is 0.556. The maximum atomic E-state index is 12.2. The molecule has 2 N–H and O–H groups in total. The molecule has 1 fully saturated rings. The molecule has 2 rings (SSSR count). The van der Waals surface area contributed by atoms with Crippen LogP contribution in [-0.2, 0) is 11.3 Å². The van der Waals surface area contributed by atoms with E-state index in [0.717, 1.165) is 30.7 Å². The van der Waals surface area contributed by atoms with Gasteiger partial charge in [-0.2, -0.15) is 0 Å². The Morgan fingerprint density at radius 1 is 1.21 bits per heavy atom. The van der Waals surface area contributed by atoms with Gasteiger partial charge in [0.25, 0.3) is 0 Å². The summed E-state index contributed by atoms with van der Waals surface area (Å²) in [5.41, 5.74) is 0.990. The van der Waals surface area contributed by atoms with Gasteiger partial charge in [0.1, 0.15) is 5.75 Å². The third kappa shape index (κ3) is 5.44. The van der Waals surface area contributed by atoms with Crippen molar-refractivity contribution < 1.29 is 14.3 Å². The quantitative estimate of drug-likeness (QED) is 0.839. The van der Waals surface area contributed by atoms with Gasteiger partial charge in [0.05, 0.1) is 7.11 Å². The number of urea groups is 1. The number of likely N-dealkylation sites (tertiary alicyclic amines) is 1. The lowest BCUT2D eigenvalue weighted by Gasteiger charge is -2.33. The fourth-order valence-corrected chi connectivity index (χ4v) is 2.88. The number of ether oxygens (including phenoxy) is 1. The molecule has 1 saturated heterocycles. The molecule has 1 aromatic rings. The number of hydrogen-bond donors (Lipinski definition) is 2. The molecule has 1 aromatic carbocycles. The lowest BCUT2D eigenvalue weighted by Crippen LogP contribution is -2.44. The highest BCUT2D eigenvalue weighted by Gasteiger charge is 2.22. The van der Waals surface area contributed by atoms with E-state index in [2.05, 4.69) is 17.6 Å². The zero-order valence-electron chi connectivity index (χ0n) is 14.5. The van der Waals surface area contributed by atoms with Crippen LogP contribution >= 0.6 is 0 Å². The Morgan fingerprint density at radius 3 is 2.62 bits per heavy atom. The van der Waals surface area contributed by atoms with E-state index in [-0.39, 0.29) is 11.9 Å². The highest BCUT2D eigenvalue weighted by Crippen LogP contribution is 2.17. The second-order valence-electron chi connectivity index (χ2n) is 6.14. The number of methoxy groups -OCH3 is 1. The molecular formula is C18H27N3O3. The van der Waals surface area contributed by atoms with Crippen molar-refractivity contribution in [3.63, 3.8) is 0 Å². The maximum absolute atomic E-state index is 12.2. The topological polar surface area (TPSA) is 70.7 Å². The normalized spacial score (nSPS) is 17.2. The summed E-state index contributed by atoms with van der Waals surface area (Å²) in [6.07, 6.45) is 3.69. The average Bonchev–Trinajstić information content (AvgIpc) is 2.60. The van der Waals surface area contributed by atoms with Crippen LogP contribution in [0.4, 0.5) is 4.79 Å². The molecule has 0 radical (unpaired) electrons. The van der Waals surface area contributed by atoms with Crippen molar-refractivity contribution in [2.24, 2.45) is 0 Å². The summed E-state index contributed by atoms with van der Waals surface area (Å²) >= 11 is 0. The molecule has 132 valence electrons. The first-order chi connectivity index (χ1) is 11.6. The van der Waals surface area contributed by atoms with Gasteiger partial charge >= 0.3 is 6.03 Å². The Bertz CT molecular complexity index is 545. The number of rotatable bonds is 6. The van der Waals surface area contributed by atoms with E-state index in [9.17, 15) is 9.59 Å². The molecule has 3 amide bonds. The first-order valence-electron chi connectivity index (χ1n) is 8.54. The summed E-state index contributed by atoms with van der Waals surface area (Å²) in [7, 11) is 1.62. The standard InChI is InChI=1S/C18H27N3O3/c1-14-5-3-4-12-21(14)17(22)10-11-19-18(23)20-13-15-6-8-16(24-2)9-7-15/h6-9,14H,3-5,10-13H2,1-2H3,(H2,19,20,23)/t14-/m1/s1. The molecule has 0 aliphatic carbocycles. The van der Waals surface area contributed by atoms with E-state index in [0.29, 0.717) is 25.6 Å². The molecule has 24 heavy (non-hydrogen) atoms. The van der Waals surface area contributed by atoms with Gasteiger partial charge in [0, 0.05) is 32.1 Å². The van der Waals surface area contributed by atoms with Crippen molar-refractivity contribution in [1.82, 2.24) is 15.5 Å². The molecule has 0 aromatic heterocycles. The van der Waals surface area contributed by atoms with Gasteiger partial charge in [-0.15, -0.1) is 0 Å². The Morgan fingerprint density at radius 2 is 1.96 bits per heavy atom. The van der Waals surface area contributed by atoms with Gasteiger partial charge in [-0.05, 0) is 43.9 Å². The van der Waals surface area contributed by atoms with Crippen LogP contribution in [0.3, 0.4) is 0 Å². The Labute approximate surface area is 143 Å². The number of nitrogens with one attached hydrogen (secondary N) is 2. The summed E-state index contributed by atoms with van der Waals surface area (Å²) in [5.74, 6) is 0.909. The predicted molar refractivity (Wildman–Crippen MR) is 92.9 cm³/mol. The van der Waals surface area contributed by atoms with Crippen LogP contribution in [0.15, 0.2) is 24.3 Å². The zero-order chi connectivity index (χ0) is 17.4. The highest BCUT2D eigenvalue weighted by atomic mass is 16.5. The molecular weight excluding hydrogens is 306 g/mol. The van der Waals surface area contributed by atoms with Crippen molar-refractivity contribution in [1.29, 1.82) is 0 Å². The van der Waals surface area contributed by atoms with E-state index < -0.39 is 0 Å². The average molecular weight is 333 g/mol. The number of carbonyl (C=O) groups is 2. The van der Waals surface area contributed by atoms with Crippen molar-refractivity contribution in [3.8, 4) is 5.75 Å². The Balaban J connectivity index is 1.64. The van der Waals surface area contributed by atoms with Crippen molar-refractivity contribution >= 4 is 11.9 Å². The van der Waals surface area contributed by atoms with E-state index in [1.807, 2.05) is 29.2 Å². The maximum Gasteiger partial charge on any atom is 0.315 e. The lowest BCUT2D eigenvalue weighted by atomic mass is 10.0. The van der Waals surface area contributed by atoms with Crippen LogP contribution in [0.2, 0.25) is 0 Å². The zero-order valence-corrected chi connectivity index (χ0v) is 14.5. The summed E-state index contributed by atoms with van der Waals surface area (Å²) in [5, 5.41) is 5.52. The van der Waals surface area contributed by atoms with Gasteiger partial charge in [0.15, 0.2) is 0 Å². The molecule has 0 spiro atoms. The van der Waals surface area contributed by atoms with Gasteiger partial charge in [0.2, 0.25) is 5.91 Å². The van der Waals surface area contributed by atoms with Crippen molar-refractivity contribution in [2.45, 2.75) is 45.2 Å². The molecule has 1 heterocycles. The molecule has 0 bridgehead atoms. The molecule has 6 heteroatoms. The van der Waals surface area contributed by atoms with Crippen LogP contribution in [-0.4, -0.2) is 43.1 Å². The molecule has 1 aliphatic rings. The smallest absolute Gasteiger partial charge is 0.315 e. The van der Waals surface area contributed by atoms with E-state index in [1.54, 1.807) is 7.11 Å². The number of piperidine rings is 1. The third-order valence-corrected chi connectivity index (χ3v) is 4.36. The summed E-state index contributed by atoms with van der Waals surface area (Å²) in [6, 6.07) is 7.57. The second kappa shape index (κ2) is 9.15. The minimum absolute atomic E-state index is 0.123. The minimum Gasteiger partial charge on any atom is -0.497 e. The van der Waals surface area contributed by atoms with Crippen LogP contribution in [0.25, 0.3) is 0 Å². The van der Waals surface area contributed by atoms with Gasteiger partial charge < -0.3 is 20.3 Å². The van der Waals surface area contributed by atoms with Crippen LogP contribution in [0.1, 0.15) is 38.2 Å². The van der Waals surface area contributed by atoms with Crippen molar-refractivity contribution in [3.05, 3.63) is 29.8 Å². The monoisotopic (exact) mass is 333 g/mol. The summed E-state index contributed by atoms with van der Waals surface area (Å²) in [4.78, 5) is 25.9. The second-order valence-corrected chi connectivity index (χ2v) is 6.14. The number of carbonyl (C=O) groups excluding carboxylic acids is 2. The molecule has 0 unspecified atom stereocenters. The molecule has 1 atom stereocenters. The van der Waals surface area contributed by atoms with Crippen molar-refractivity contribution in [2.75, 3.05) is 20.2 Å². The highest BCUT2D eigenvalue weighted by molar-refractivity contribution is 5.78. The number of amides is 3. The van der Waals surface area contributed by atoms with Gasteiger partial charge in [-0.25, -0.2) is 4.79 Å². The molecule has 6 nitrogen and oxygen atoms in total. The lowest BCUT2D eigenvalue weighted by molar-refractivity contribution is -0.134. The first-order valence-corrected chi connectivity index (χ1v) is 8.54. The third-order valence-electron chi connectivity index (χ3n) is 4.36. The Kier molecular flexibility index (Phi) is 6.90. The van der Waals surface area contributed by atoms with Crippen LogP contribution in [0.5, 0.6) is 5.75 Å². The summed E-state index contributed by atoms with van der Waals surface area (Å²) < 4.78 is 5.09. The number of hydrogen-bond acceptors (Lipinski definition) is 3.